The Bertz CT molecular complexity index is 889. The monoisotopic (exact) mass is 411 g/mol. The Hall–Kier alpha value is -2.65. The molecule has 2 unspecified atom stereocenters. The summed E-state index contributed by atoms with van der Waals surface area (Å²) in [6, 6.07) is 9.24. The van der Waals surface area contributed by atoms with Crippen LogP contribution < -0.4 is 15.6 Å². The third-order valence-electron chi connectivity index (χ3n) is 3.64. The summed E-state index contributed by atoms with van der Waals surface area (Å²) >= 11 is 7.21. The standard InChI is InChI=1S/C17H15ClFN3O4S/c1-9(25-12-5-3-2-4-10(12)19)16(23)20-21-17(24)13-8-11(22-26-13)14-6-7-15(18)27-14/h2-7,9,13H,8H2,1H3,(H,20,23)(H,21,24). The van der Waals surface area contributed by atoms with Crippen molar-refractivity contribution in [1.82, 2.24) is 10.9 Å². The van der Waals surface area contributed by atoms with Gasteiger partial charge in [0.2, 0.25) is 6.10 Å². The van der Waals surface area contributed by atoms with E-state index in [4.69, 9.17) is 21.2 Å². The lowest BCUT2D eigenvalue weighted by molar-refractivity contribution is -0.137. The molecule has 1 aromatic carbocycles. The largest absolute Gasteiger partial charge is 0.478 e. The lowest BCUT2D eigenvalue weighted by Gasteiger charge is -2.16. The molecule has 0 aliphatic carbocycles. The number of halogens is 2. The van der Waals surface area contributed by atoms with Crippen LogP contribution in [0, 0.1) is 5.82 Å². The molecule has 2 amide bonds. The summed E-state index contributed by atoms with van der Waals surface area (Å²) in [6.07, 6.45) is -1.64. The van der Waals surface area contributed by atoms with Crippen molar-refractivity contribution in [3.8, 4) is 5.75 Å². The van der Waals surface area contributed by atoms with Gasteiger partial charge in [-0.2, -0.15) is 0 Å². The fourth-order valence-corrected chi connectivity index (χ4v) is 3.26. The first-order valence-corrected chi connectivity index (χ1v) is 9.13. The van der Waals surface area contributed by atoms with Crippen LogP contribution in [0.5, 0.6) is 5.75 Å². The highest BCUT2D eigenvalue weighted by Gasteiger charge is 2.30. The number of ether oxygens (including phenoxy) is 1. The number of benzene rings is 1. The average Bonchev–Trinajstić information content (AvgIpc) is 3.30. The van der Waals surface area contributed by atoms with Gasteiger partial charge < -0.3 is 9.57 Å². The summed E-state index contributed by atoms with van der Waals surface area (Å²) in [7, 11) is 0. The number of nitrogens with zero attached hydrogens (tertiary/aromatic N) is 1. The van der Waals surface area contributed by atoms with Crippen molar-refractivity contribution in [3.05, 3.63) is 51.4 Å². The SMILES string of the molecule is CC(Oc1ccccc1F)C(=O)NNC(=O)C1CC(c2ccc(Cl)s2)=NO1. The van der Waals surface area contributed by atoms with E-state index in [0.717, 1.165) is 4.88 Å². The Kier molecular flexibility index (Phi) is 5.92. The Morgan fingerprint density at radius 1 is 1.33 bits per heavy atom. The molecule has 0 spiro atoms. The number of hydrazine groups is 1. The molecule has 0 radical (unpaired) electrons. The minimum atomic E-state index is -1.02. The van der Waals surface area contributed by atoms with Crippen molar-refractivity contribution in [2.24, 2.45) is 5.16 Å². The van der Waals surface area contributed by atoms with E-state index in [0.29, 0.717) is 10.0 Å². The molecule has 3 rings (SSSR count). The highest BCUT2D eigenvalue weighted by molar-refractivity contribution is 7.18. The van der Waals surface area contributed by atoms with Gasteiger partial charge in [-0.25, -0.2) is 4.39 Å². The van der Waals surface area contributed by atoms with Gasteiger partial charge in [-0.1, -0.05) is 28.9 Å². The maximum absolute atomic E-state index is 13.5. The normalized spacial score (nSPS) is 16.9. The molecule has 2 heterocycles. The summed E-state index contributed by atoms with van der Waals surface area (Å²) < 4.78 is 19.4. The number of carbonyl (C=O) groups excluding carboxylic acids is 2. The van der Waals surface area contributed by atoms with Crippen molar-refractivity contribution in [2.45, 2.75) is 25.6 Å². The highest BCUT2D eigenvalue weighted by Crippen LogP contribution is 2.26. The summed E-state index contributed by atoms with van der Waals surface area (Å²) in [5.74, 6) is -1.85. The quantitative estimate of drug-likeness (QED) is 0.740. The van der Waals surface area contributed by atoms with Crippen LogP contribution in [-0.4, -0.2) is 29.7 Å². The number of nitrogens with one attached hydrogen (secondary N) is 2. The van der Waals surface area contributed by atoms with Crippen LogP contribution in [0.2, 0.25) is 4.34 Å². The van der Waals surface area contributed by atoms with E-state index in [1.807, 2.05) is 0 Å². The van der Waals surface area contributed by atoms with Gasteiger partial charge in [0.15, 0.2) is 17.7 Å². The summed E-state index contributed by atoms with van der Waals surface area (Å²) in [6.45, 7) is 1.43. The summed E-state index contributed by atoms with van der Waals surface area (Å²) in [4.78, 5) is 30.0. The van der Waals surface area contributed by atoms with Gasteiger partial charge in [0, 0.05) is 6.42 Å². The molecule has 2 aromatic rings. The van der Waals surface area contributed by atoms with Gasteiger partial charge in [0.05, 0.1) is 9.21 Å². The zero-order valence-corrected chi connectivity index (χ0v) is 15.6. The molecule has 2 atom stereocenters. The summed E-state index contributed by atoms with van der Waals surface area (Å²) in [5.41, 5.74) is 5.08. The smallest absolute Gasteiger partial charge is 0.282 e. The van der Waals surface area contributed by atoms with Crippen molar-refractivity contribution in [3.63, 3.8) is 0 Å². The Morgan fingerprint density at radius 2 is 2.11 bits per heavy atom. The predicted octanol–water partition coefficient (Wildman–Crippen LogP) is 2.65. The first-order valence-electron chi connectivity index (χ1n) is 7.93. The number of hydrogen-bond acceptors (Lipinski definition) is 6. The number of para-hydroxylation sites is 1. The van der Waals surface area contributed by atoms with Gasteiger partial charge >= 0.3 is 0 Å². The topological polar surface area (TPSA) is 89.0 Å². The van der Waals surface area contributed by atoms with Crippen LogP contribution in [0.1, 0.15) is 18.2 Å². The number of hydrogen-bond donors (Lipinski definition) is 2. The number of rotatable bonds is 5. The van der Waals surface area contributed by atoms with E-state index in [1.165, 1.54) is 36.5 Å². The highest BCUT2D eigenvalue weighted by atomic mass is 35.5. The minimum Gasteiger partial charge on any atom is -0.478 e. The first kappa shape index (κ1) is 19.1. The van der Waals surface area contributed by atoms with Crippen molar-refractivity contribution >= 4 is 40.5 Å². The van der Waals surface area contributed by atoms with Gasteiger partial charge in [-0.3, -0.25) is 20.4 Å². The third kappa shape index (κ3) is 4.75. The van der Waals surface area contributed by atoms with Gasteiger partial charge in [0.1, 0.15) is 5.71 Å². The molecule has 1 aromatic heterocycles. The Labute approximate surface area is 163 Å². The molecular formula is C17H15ClFN3O4S. The lowest BCUT2D eigenvalue weighted by atomic mass is 10.1. The van der Waals surface area contributed by atoms with Gasteiger partial charge in [0.25, 0.3) is 11.8 Å². The Morgan fingerprint density at radius 3 is 2.81 bits per heavy atom. The van der Waals surface area contributed by atoms with Crippen LogP contribution in [0.15, 0.2) is 41.6 Å². The van der Waals surface area contributed by atoms with E-state index in [9.17, 15) is 14.0 Å². The van der Waals surface area contributed by atoms with Gasteiger partial charge in [-0.05, 0) is 31.2 Å². The molecule has 27 heavy (non-hydrogen) atoms. The van der Waals surface area contributed by atoms with E-state index in [-0.39, 0.29) is 12.2 Å². The Balaban J connectivity index is 1.46. The zero-order valence-electron chi connectivity index (χ0n) is 14.1. The van der Waals surface area contributed by atoms with E-state index < -0.39 is 29.8 Å². The van der Waals surface area contributed by atoms with E-state index in [2.05, 4.69) is 16.0 Å². The molecule has 10 heteroatoms. The predicted molar refractivity (Wildman–Crippen MR) is 98.1 cm³/mol. The number of carbonyl (C=O) groups is 2. The fourth-order valence-electron chi connectivity index (χ4n) is 2.22. The van der Waals surface area contributed by atoms with Crippen LogP contribution in [0.25, 0.3) is 0 Å². The second kappa shape index (κ2) is 8.36. The third-order valence-corrected chi connectivity index (χ3v) is 4.92. The zero-order chi connectivity index (χ0) is 19.4. The molecule has 0 bridgehead atoms. The first-order chi connectivity index (χ1) is 12.9. The molecule has 142 valence electrons. The van der Waals surface area contributed by atoms with Crippen molar-refractivity contribution in [2.75, 3.05) is 0 Å². The maximum atomic E-state index is 13.5. The fraction of sp³-hybridized carbons (Fsp3) is 0.235. The van der Waals surface area contributed by atoms with Crippen LogP contribution in [0.4, 0.5) is 4.39 Å². The molecule has 7 nitrogen and oxygen atoms in total. The van der Waals surface area contributed by atoms with Crippen molar-refractivity contribution < 1.29 is 23.6 Å². The van der Waals surface area contributed by atoms with Crippen LogP contribution >= 0.6 is 22.9 Å². The molecule has 0 fully saturated rings. The molecule has 2 N–H and O–H groups in total. The molecule has 0 saturated carbocycles. The summed E-state index contributed by atoms with van der Waals surface area (Å²) in [5, 5.41) is 3.88. The van der Waals surface area contributed by atoms with Crippen LogP contribution in [0.3, 0.4) is 0 Å². The van der Waals surface area contributed by atoms with Gasteiger partial charge in [-0.15, -0.1) is 11.3 Å². The average molecular weight is 412 g/mol. The second-order valence-corrected chi connectivity index (χ2v) is 7.32. The minimum absolute atomic E-state index is 0.0572. The van der Waals surface area contributed by atoms with Crippen LogP contribution in [-0.2, 0) is 14.4 Å². The number of oxime groups is 1. The van der Waals surface area contributed by atoms with E-state index >= 15 is 0 Å². The second-order valence-electron chi connectivity index (χ2n) is 5.61. The molecule has 0 saturated heterocycles. The van der Waals surface area contributed by atoms with Crippen molar-refractivity contribution in [1.29, 1.82) is 0 Å². The molecular weight excluding hydrogens is 397 g/mol. The molecule has 1 aliphatic rings. The number of thiophene rings is 1. The lowest BCUT2D eigenvalue weighted by Crippen LogP contribution is -2.50. The molecule has 1 aliphatic heterocycles. The van der Waals surface area contributed by atoms with E-state index in [1.54, 1.807) is 18.2 Å². The maximum Gasteiger partial charge on any atom is 0.282 e. The number of amides is 2.